The summed E-state index contributed by atoms with van der Waals surface area (Å²) in [5, 5.41) is 17.2. The largest absolute Gasteiger partial charge is 0.388 e. The molecule has 1 saturated heterocycles. The number of nitrogens with zero attached hydrogens (tertiary/aromatic N) is 1. The van der Waals surface area contributed by atoms with E-state index in [9.17, 15) is 5.11 Å². The molecule has 0 radical (unpaired) electrons. The van der Waals surface area contributed by atoms with Crippen molar-refractivity contribution in [1.82, 2.24) is 10.6 Å². The number of rotatable bonds is 6. The number of guanidine groups is 1. The van der Waals surface area contributed by atoms with Crippen LogP contribution in [0.5, 0.6) is 0 Å². The molecule has 3 N–H and O–H groups in total. The van der Waals surface area contributed by atoms with Crippen LogP contribution in [0.15, 0.2) is 35.3 Å². The number of hydrogen-bond acceptors (Lipinski definition) is 3. The molecule has 1 aliphatic heterocycles. The smallest absolute Gasteiger partial charge is 0.191 e. The number of ether oxygens (including phenoxy) is 1. The molecule has 6 heteroatoms. The second kappa shape index (κ2) is 9.37. The SMILES string of the molecule is CCNC(=NCCC(O)c1ccccc1)NC1C2CCOC2C1(C)C.I. The molecule has 2 aliphatic rings. The Morgan fingerprint density at radius 3 is 2.77 bits per heavy atom. The van der Waals surface area contributed by atoms with Gasteiger partial charge in [-0.2, -0.15) is 0 Å². The molecule has 0 amide bonds. The lowest BCUT2D eigenvalue weighted by atomic mass is 9.57. The first-order valence-corrected chi connectivity index (χ1v) is 9.43. The first-order chi connectivity index (χ1) is 12.0. The Kier molecular flexibility index (Phi) is 7.73. The van der Waals surface area contributed by atoms with Crippen molar-refractivity contribution in [2.45, 2.75) is 51.9 Å². The zero-order valence-corrected chi connectivity index (χ0v) is 18.3. The topological polar surface area (TPSA) is 65.9 Å². The zero-order chi connectivity index (χ0) is 17.9. The number of halogens is 1. The molecule has 146 valence electrons. The maximum absolute atomic E-state index is 10.3. The summed E-state index contributed by atoms with van der Waals surface area (Å²) in [5.41, 5.74) is 1.07. The normalized spacial score (nSPS) is 27.7. The first kappa shape index (κ1) is 21.4. The molecule has 1 aromatic carbocycles. The van der Waals surface area contributed by atoms with Gasteiger partial charge in [0.1, 0.15) is 0 Å². The average molecular weight is 473 g/mol. The molecule has 0 aromatic heterocycles. The van der Waals surface area contributed by atoms with Gasteiger partial charge in [0.15, 0.2) is 5.96 Å². The summed E-state index contributed by atoms with van der Waals surface area (Å²) in [6.45, 7) is 8.88. The van der Waals surface area contributed by atoms with E-state index in [4.69, 9.17) is 4.74 Å². The number of aliphatic hydroxyl groups excluding tert-OH is 1. The summed E-state index contributed by atoms with van der Waals surface area (Å²) in [4.78, 5) is 4.67. The highest BCUT2D eigenvalue weighted by Gasteiger charge is 2.59. The highest BCUT2D eigenvalue weighted by atomic mass is 127. The van der Waals surface area contributed by atoms with Gasteiger partial charge in [0.2, 0.25) is 0 Å². The third-order valence-corrected chi connectivity index (χ3v) is 5.59. The van der Waals surface area contributed by atoms with E-state index in [0.717, 1.165) is 31.1 Å². The number of aliphatic hydroxyl groups is 1. The van der Waals surface area contributed by atoms with Gasteiger partial charge < -0.3 is 20.5 Å². The van der Waals surface area contributed by atoms with Gasteiger partial charge in [-0.15, -0.1) is 24.0 Å². The van der Waals surface area contributed by atoms with E-state index in [0.29, 0.717) is 31.0 Å². The van der Waals surface area contributed by atoms with Gasteiger partial charge in [-0.25, -0.2) is 0 Å². The highest BCUT2D eigenvalue weighted by Crippen LogP contribution is 2.52. The van der Waals surface area contributed by atoms with E-state index < -0.39 is 6.10 Å². The monoisotopic (exact) mass is 473 g/mol. The van der Waals surface area contributed by atoms with Crippen LogP contribution < -0.4 is 10.6 Å². The Hall–Kier alpha value is -0.860. The molecule has 1 aromatic rings. The number of benzene rings is 1. The van der Waals surface area contributed by atoms with Gasteiger partial charge in [-0.1, -0.05) is 44.2 Å². The lowest BCUT2D eigenvalue weighted by Gasteiger charge is -2.54. The van der Waals surface area contributed by atoms with Crippen LogP contribution in [0.1, 0.15) is 45.3 Å². The standard InChI is InChI=1S/C20H31N3O2.HI/c1-4-21-19(22-12-10-16(24)14-8-6-5-7-9-14)23-17-15-11-13-25-18(15)20(17,2)3;/h5-9,15-18,24H,4,10-13H2,1-3H3,(H2,21,22,23);1H. The van der Waals surface area contributed by atoms with Crippen LogP contribution >= 0.6 is 24.0 Å². The van der Waals surface area contributed by atoms with Crippen molar-refractivity contribution in [2.75, 3.05) is 19.7 Å². The van der Waals surface area contributed by atoms with Gasteiger partial charge in [0.05, 0.1) is 12.2 Å². The molecule has 1 heterocycles. The second-order valence-corrected chi connectivity index (χ2v) is 7.66. The molecule has 4 atom stereocenters. The Morgan fingerprint density at radius 2 is 2.08 bits per heavy atom. The van der Waals surface area contributed by atoms with Crippen molar-refractivity contribution in [3.8, 4) is 0 Å². The summed E-state index contributed by atoms with van der Waals surface area (Å²) < 4.78 is 5.87. The minimum Gasteiger partial charge on any atom is -0.388 e. The Morgan fingerprint density at radius 1 is 1.35 bits per heavy atom. The molecule has 1 saturated carbocycles. The third-order valence-electron chi connectivity index (χ3n) is 5.59. The predicted molar refractivity (Wildman–Crippen MR) is 116 cm³/mol. The Balaban J connectivity index is 0.00000243. The van der Waals surface area contributed by atoms with Crippen molar-refractivity contribution in [1.29, 1.82) is 0 Å². The quantitative estimate of drug-likeness (QED) is 0.338. The van der Waals surface area contributed by atoms with E-state index in [2.05, 4.69) is 36.4 Å². The molecule has 2 fully saturated rings. The molecule has 0 spiro atoms. The van der Waals surface area contributed by atoms with Crippen molar-refractivity contribution in [3.63, 3.8) is 0 Å². The maximum Gasteiger partial charge on any atom is 0.191 e. The molecule has 4 unspecified atom stereocenters. The molecule has 26 heavy (non-hydrogen) atoms. The van der Waals surface area contributed by atoms with Gasteiger partial charge in [0, 0.05) is 37.1 Å². The van der Waals surface area contributed by atoms with Crippen LogP contribution in [-0.2, 0) is 4.74 Å². The maximum atomic E-state index is 10.3. The van der Waals surface area contributed by atoms with E-state index >= 15 is 0 Å². The lowest BCUT2D eigenvalue weighted by molar-refractivity contribution is -0.106. The number of fused-ring (bicyclic) bond motifs is 1. The van der Waals surface area contributed by atoms with E-state index in [1.165, 1.54) is 0 Å². The molecular formula is C20H32IN3O2. The average Bonchev–Trinajstić information content (AvgIpc) is 3.07. The fourth-order valence-electron chi connectivity index (χ4n) is 4.23. The van der Waals surface area contributed by atoms with Crippen molar-refractivity contribution >= 4 is 29.9 Å². The molecule has 0 bridgehead atoms. The summed E-state index contributed by atoms with van der Waals surface area (Å²) in [7, 11) is 0. The zero-order valence-electron chi connectivity index (χ0n) is 15.9. The van der Waals surface area contributed by atoms with Crippen molar-refractivity contribution < 1.29 is 9.84 Å². The van der Waals surface area contributed by atoms with Crippen LogP contribution in [0.4, 0.5) is 0 Å². The van der Waals surface area contributed by atoms with E-state index in [1.54, 1.807) is 0 Å². The van der Waals surface area contributed by atoms with Gasteiger partial charge in [-0.05, 0) is 25.3 Å². The van der Waals surface area contributed by atoms with Gasteiger partial charge in [0.25, 0.3) is 0 Å². The fraction of sp³-hybridized carbons (Fsp3) is 0.650. The fourth-order valence-corrected chi connectivity index (χ4v) is 4.23. The van der Waals surface area contributed by atoms with Gasteiger partial charge in [-0.3, -0.25) is 4.99 Å². The molecule has 5 nitrogen and oxygen atoms in total. The predicted octanol–water partition coefficient (Wildman–Crippen LogP) is 3.10. The molecular weight excluding hydrogens is 441 g/mol. The van der Waals surface area contributed by atoms with Crippen LogP contribution in [0.2, 0.25) is 0 Å². The number of nitrogens with one attached hydrogen (secondary N) is 2. The number of hydrogen-bond donors (Lipinski definition) is 3. The Labute approximate surface area is 174 Å². The second-order valence-electron chi connectivity index (χ2n) is 7.66. The van der Waals surface area contributed by atoms with Crippen molar-refractivity contribution in [3.05, 3.63) is 35.9 Å². The minimum atomic E-state index is -0.472. The van der Waals surface area contributed by atoms with Crippen molar-refractivity contribution in [2.24, 2.45) is 16.3 Å². The molecule has 1 aliphatic carbocycles. The van der Waals surface area contributed by atoms with Gasteiger partial charge >= 0.3 is 0 Å². The lowest BCUT2D eigenvalue weighted by Crippen LogP contribution is -2.67. The van der Waals surface area contributed by atoms with E-state index in [1.807, 2.05) is 30.3 Å². The summed E-state index contributed by atoms with van der Waals surface area (Å²) in [6.07, 6.45) is 1.63. The molecule has 3 rings (SSSR count). The minimum absolute atomic E-state index is 0. The van der Waals surface area contributed by atoms with Crippen LogP contribution in [0.3, 0.4) is 0 Å². The van der Waals surface area contributed by atoms with Crippen LogP contribution in [-0.4, -0.2) is 42.9 Å². The summed E-state index contributed by atoms with van der Waals surface area (Å²) in [5.74, 6) is 1.42. The van der Waals surface area contributed by atoms with Crippen LogP contribution in [0.25, 0.3) is 0 Å². The van der Waals surface area contributed by atoms with Crippen LogP contribution in [0, 0.1) is 11.3 Å². The first-order valence-electron chi connectivity index (χ1n) is 9.43. The summed E-state index contributed by atoms with van der Waals surface area (Å²) >= 11 is 0. The van der Waals surface area contributed by atoms with E-state index in [-0.39, 0.29) is 29.4 Å². The Bertz CT molecular complexity index is 594. The number of aliphatic imine (C=N–C) groups is 1. The third kappa shape index (κ3) is 4.51. The highest BCUT2D eigenvalue weighted by molar-refractivity contribution is 14.0. The summed E-state index contributed by atoms with van der Waals surface area (Å²) in [6, 6.07) is 10.2.